The Balaban J connectivity index is 1.59. The molecule has 3 heterocycles. The van der Waals surface area contributed by atoms with Crippen molar-refractivity contribution in [2.45, 2.75) is 6.92 Å². The molecular formula is C26H27ClN4O5S. The highest BCUT2D eigenvalue weighted by atomic mass is 35.5. The summed E-state index contributed by atoms with van der Waals surface area (Å²) in [6.07, 6.45) is 0. The maximum Gasteiger partial charge on any atom is 0.266 e. The van der Waals surface area contributed by atoms with E-state index in [0.717, 1.165) is 17.8 Å². The number of amides is 1. The molecule has 2 aromatic carbocycles. The van der Waals surface area contributed by atoms with Crippen molar-refractivity contribution >= 4 is 44.2 Å². The number of aryl methyl sites for hydroxylation is 1. The normalized spacial score (nSPS) is 14.2. The molecule has 1 amide bonds. The maximum absolute atomic E-state index is 14.2. The number of aromatic nitrogens is 2. The lowest BCUT2D eigenvalue weighted by molar-refractivity contribution is 0.0391. The third-order valence-corrected chi connectivity index (χ3v) is 7.75. The standard InChI is InChI=1S/C26H27ClN4O5S/c1-16-21(22(29-36-16)17-6-4-5-7-18(17)27)25(32)31(11-10-30-12-14-35-15-13-30)26-28-23-19(33-2)8-9-20(34-3)24(23)37-26/h4-9H,10-15H2,1-3H3. The number of anilines is 1. The van der Waals surface area contributed by atoms with Gasteiger partial charge in [0.15, 0.2) is 5.13 Å². The minimum atomic E-state index is -0.265. The summed E-state index contributed by atoms with van der Waals surface area (Å²) in [5.41, 5.74) is 2.03. The zero-order valence-electron chi connectivity index (χ0n) is 20.8. The third kappa shape index (κ3) is 5.02. The van der Waals surface area contributed by atoms with Gasteiger partial charge in [-0.3, -0.25) is 14.6 Å². The second-order valence-corrected chi connectivity index (χ2v) is 9.88. The van der Waals surface area contributed by atoms with Crippen LogP contribution in [-0.2, 0) is 4.74 Å². The van der Waals surface area contributed by atoms with Crippen LogP contribution >= 0.6 is 22.9 Å². The molecule has 5 rings (SSSR count). The number of carbonyl (C=O) groups is 1. The molecule has 37 heavy (non-hydrogen) atoms. The molecule has 11 heteroatoms. The summed E-state index contributed by atoms with van der Waals surface area (Å²) in [6.45, 7) is 5.75. The molecule has 194 valence electrons. The molecule has 1 saturated heterocycles. The van der Waals surface area contributed by atoms with E-state index in [2.05, 4.69) is 10.1 Å². The Kier molecular flexibility index (Phi) is 7.61. The summed E-state index contributed by atoms with van der Waals surface area (Å²) in [5, 5.41) is 5.22. The van der Waals surface area contributed by atoms with Crippen molar-refractivity contribution in [1.29, 1.82) is 0 Å². The van der Waals surface area contributed by atoms with Gasteiger partial charge >= 0.3 is 0 Å². The summed E-state index contributed by atoms with van der Waals surface area (Å²) in [4.78, 5) is 23.0. The second-order valence-electron chi connectivity index (χ2n) is 8.50. The molecule has 0 atom stereocenters. The predicted molar refractivity (Wildman–Crippen MR) is 143 cm³/mol. The van der Waals surface area contributed by atoms with Crippen LogP contribution in [0.15, 0.2) is 40.9 Å². The summed E-state index contributed by atoms with van der Waals surface area (Å²) in [7, 11) is 3.20. The minimum Gasteiger partial charge on any atom is -0.495 e. The molecule has 1 aliphatic rings. The zero-order chi connectivity index (χ0) is 25.9. The van der Waals surface area contributed by atoms with Gasteiger partial charge in [0.05, 0.1) is 32.5 Å². The van der Waals surface area contributed by atoms with Gasteiger partial charge in [0, 0.05) is 31.7 Å². The molecule has 0 bridgehead atoms. The van der Waals surface area contributed by atoms with Crippen LogP contribution in [0.1, 0.15) is 16.1 Å². The lowest BCUT2D eigenvalue weighted by atomic mass is 10.1. The molecule has 0 saturated carbocycles. The Morgan fingerprint density at radius 1 is 1.14 bits per heavy atom. The van der Waals surface area contributed by atoms with Gasteiger partial charge in [-0.25, -0.2) is 4.98 Å². The molecule has 0 N–H and O–H groups in total. The van der Waals surface area contributed by atoms with E-state index < -0.39 is 0 Å². The number of hydrogen-bond donors (Lipinski definition) is 0. The average Bonchev–Trinajstić information content (AvgIpc) is 3.53. The van der Waals surface area contributed by atoms with E-state index >= 15 is 0 Å². The highest BCUT2D eigenvalue weighted by molar-refractivity contribution is 7.22. The van der Waals surface area contributed by atoms with Gasteiger partial charge in [0.2, 0.25) is 0 Å². The van der Waals surface area contributed by atoms with Crippen molar-refractivity contribution in [3.05, 3.63) is 52.7 Å². The second kappa shape index (κ2) is 11.1. The number of morpholine rings is 1. The smallest absolute Gasteiger partial charge is 0.266 e. The van der Waals surface area contributed by atoms with Crippen molar-refractivity contribution in [2.75, 3.05) is 58.5 Å². The van der Waals surface area contributed by atoms with E-state index in [9.17, 15) is 4.79 Å². The van der Waals surface area contributed by atoms with Gasteiger partial charge in [-0.1, -0.05) is 46.3 Å². The molecule has 1 fully saturated rings. The average molecular weight is 543 g/mol. The van der Waals surface area contributed by atoms with Gasteiger partial charge < -0.3 is 18.7 Å². The quantitative estimate of drug-likeness (QED) is 0.310. The number of fused-ring (bicyclic) bond motifs is 1. The molecule has 2 aromatic heterocycles. The van der Waals surface area contributed by atoms with Crippen LogP contribution in [0.5, 0.6) is 11.5 Å². The first kappa shape index (κ1) is 25.5. The fraction of sp³-hybridized carbons (Fsp3) is 0.346. The lowest BCUT2D eigenvalue weighted by Gasteiger charge is -2.29. The van der Waals surface area contributed by atoms with E-state index in [1.807, 2.05) is 30.3 Å². The van der Waals surface area contributed by atoms with Crippen molar-refractivity contribution < 1.29 is 23.5 Å². The lowest BCUT2D eigenvalue weighted by Crippen LogP contribution is -2.43. The van der Waals surface area contributed by atoms with Gasteiger partial charge in [-0.05, 0) is 25.1 Å². The molecule has 0 radical (unpaired) electrons. The minimum absolute atomic E-state index is 0.265. The highest BCUT2D eigenvalue weighted by Crippen LogP contribution is 2.41. The first-order valence-electron chi connectivity index (χ1n) is 11.9. The fourth-order valence-corrected chi connectivity index (χ4v) is 5.66. The first-order valence-corrected chi connectivity index (χ1v) is 13.1. The molecule has 9 nitrogen and oxygen atoms in total. The first-order chi connectivity index (χ1) is 18.0. The maximum atomic E-state index is 14.2. The number of methoxy groups -OCH3 is 2. The summed E-state index contributed by atoms with van der Waals surface area (Å²) < 4.78 is 22.9. The number of benzene rings is 2. The molecule has 0 unspecified atom stereocenters. The van der Waals surface area contributed by atoms with Crippen molar-refractivity contribution in [1.82, 2.24) is 15.0 Å². The Bertz CT molecular complexity index is 1370. The van der Waals surface area contributed by atoms with Gasteiger partial charge in [0.1, 0.15) is 38.7 Å². The largest absolute Gasteiger partial charge is 0.495 e. The fourth-order valence-electron chi connectivity index (χ4n) is 4.34. The molecule has 0 spiro atoms. The van der Waals surface area contributed by atoms with E-state index in [-0.39, 0.29) is 5.91 Å². The Morgan fingerprint density at radius 2 is 1.86 bits per heavy atom. The number of thiazole rings is 1. The van der Waals surface area contributed by atoms with E-state index in [4.69, 9.17) is 35.3 Å². The summed E-state index contributed by atoms with van der Waals surface area (Å²) >= 11 is 7.84. The summed E-state index contributed by atoms with van der Waals surface area (Å²) in [6, 6.07) is 10.9. The number of carbonyl (C=O) groups excluding carboxylic acids is 1. The third-order valence-electron chi connectivity index (χ3n) is 6.32. The number of rotatable bonds is 8. The van der Waals surface area contributed by atoms with Crippen LogP contribution in [0.4, 0.5) is 5.13 Å². The number of nitrogens with zero attached hydrogens (tertiary/aromatic N) is 4. The molecule has 1 aliphatic heterocycles. The molecular weight excluding hydrogens is 516 g/mol. The predicted octanol–water partition coefficient (Wildman–Crippen LogP) is 4.91. The van der Waals surface area contributed by atoms with Crippen molar-refractivity contribution in [3.8, 4) is 22.8 Å². The van der Waals surface area contributed by atoms with E-state index in [0.29, 0.717) is 76.1 Å². The van der Waals surface area contributed by atoms with Gasteiger partial charge in [-0.2, -0.15) is 0 Å². The SMILES string of the molecule is COc1ccc(OC)c2sc(N(CCN3CCOCC3)C(=O)c3c(-c4ccccc4Cl)noc3C)nc12. The Morgan fingerprint density at radius 3 is 2.59 bits per heavy atom. The Labute approximate surface area is 223 Å². The van der Waals surface area contributed by atoms with Crippen LogP contribution in [0.2, 0.25) is 5.02 Å². The van der Waals surface area contributed by atoms with Gasteiger partial charge in [0.25, 0.3) is 5.91 Å². The Hall–Kier alpha value is -3.18. The molecule has 4 aromatic rings. The number of ether oxygens (including phenoxy) is 3. The van der Waals surface area contributed by atoms with Crippen LogP contribution in [0.25, 0.3) is 21.5 Å². The van der Waals surface area contributed by atoms with E-state index in [1.165, 1.54) is 11.3 Å². The van der Waals surface area contributed by atoms with Crippen LogP contribution < -0.4 is 14.4 Å². The monoisotopic (exact) mass is 542 g/mol. The number of hydrogen-bond acceptors (Lipinski definition) is 9. The molecule has 0 aliphatic carbocycles. The van der Waals surface area contributed by atoms with Crippen LogP contribution in [-0.4, -0.2) is 74.6 Å². The van der Waals surface area contributed by atoms with Crippen LogP contribution in [0, 0.1) is 6.92 Å². The topological polar surface area (TPSA) is 90.2 Å². The summed E-state index contributed by atoms with van der Waals surface area (Å²) in [5.74, 6) is 1.42. The van der Waals surface area contributed by atoms with Gasteiger partial charge in [-0.15, -0.1) is 0 Å². The number of halogens is 1. The highest BCUT2D eigenvalue weighted by Gasteiger charge is 2.31. The van der Waals surface area contributed by atoms with E-state index in [1.54, 1.807) is 32.1 Å². The van der Waals surface area contributed by atoms with Crippen molar-refractivity contribution in [3.63, 3.8) is 0 Å². The van der Waals surface area contributed by atoms with Crippen molar-refractivity contribution in [2.24, 2.45) is 0 Å². The van der Waals surface area contributed by atoms with Crippen LogP contribution in [0.3, 0.4) is 0 Å². The zero-order valence-corrected chi connectivity index (χ0v) is 22.4.